The van der Waals surface area contributed by atoms with Crippen LogP contribution >= 0.6 is 23.2 Å². The van der Waals surface area contributed by atoms with Gasteiger partial charge in [-0.05, 0) is 12.1 Å². The Balaban J connectivity index is 3.08. The number of rotatable bonds is 6. The zero-order valence-electron chi connectivity index (χ0n) is 9.95. The van der Waals surface area contributed by atoms with Gasteiger partial charge in [-0.2, -0.15) is 0 Å². The normalized spacial score (nSPS) is 11.6. The Kier molecular flexibility index (Phi) is 6.02. The van der Waals surface area contributed by atoms with Crippen molar-refractivity contribution in [2.24, 2.45) is 0 Å². The number of hydrogen-bond donors (Lipinski definition) is 1. The third-order valence-electron chi connectivity index (χ3n) is 2.09. The largest absolute Gasteiger partial charge is 0.487 e. The van der Waals surface area contributed by atoms with E-state index in [-0.39, 0.29) is 28.6 Å². The molecule has 0 saturated carbocycles. The predicted octanol–water partition coefficient (Wildman–Crippen LogP) is 3.39. The molecule has 106 valence electrons. The average molecular weight is 318 g/mol. The molecular weight excluding hydrogens is 309 g/mol. The highest BCUT2D eigenvalue weighted by Gasteiger charge is 2.10. The molecule has 1 rings (SSSR count). The van der Waals surface area contributed by atoms with Crippen molar-refractivity contribution in [3.8, 4) is 5.75 Å². The number of nitro groups is 1. The number of halogens is 2. The van der Waals surface area contributed by atoms with Crippen LogP contribution in [0.2, 0.25) is 0 Å². The smallest absolute Gasteiger partial charge is 0.328 e. The zero-order chi connectivity index (χ0) is 15.1. The summed E-state index contributed by atoms with van der Waals surface area (Å²) in [5, 5.41) is 19.5. The molecule has 1 aromatic carbocycles. The molecule has 20 heavy (non-hydrogen) atoms. The van der Waals surface area contributed by atoms with Crippen molar-refractivity contribution >= 4 is 40.9 Å². The molecule has 1 aromatic rings. The molecule has 0 aliphatic heterocycles. The lowest BCUT2D eigenvalue weighted by Crippen LogP contribution is -1.99. The van der Waals surface area contributed by atoms with Gasteiger partial charge < -0.3 is 9.84 Å². The lowest BCUT2D eigenvalue weighted by Gasteiger charge is -2.08. The van der Waals surface area contributed by atoms with Gasteiger partial charge in [0.2, 0.25) is 0 Å². The minimum absolute atomic E-state index is 0.0310. The molecule has 0 saturated heterocycles. The van der Waals surface area contributed by atoms with Crippen LogP contribution in [0.5, 0.6) is 5.75 Å². The maximum Gasteiger partial charge on any atom is 0.328 e. The van der Waals surface area contributed by atoms with Crippen LogP contribution in [0.15, 0.2) is 34.8 Å². The minimum atomic E-state index is -1.18. The second-order valence-corrected chi connectivity index (χ2v) is 4.20. The summed E-state index contributed by atoms with van der Waals surface area (Å²) >= 11 is 11.0. The fourth-order valence-corrected chi connectivity index (χ4v) is 1.37. The van der Waals surface area contributed by atoms with E-state index in [1.807, 2.05) is 0 Å². The average Bonchev–Trinajstić information content (AvgIpc) is 2.42. The Labute approximate surface area is 124 Å². The monoisotopic (exact) mass is 317 g/mol. The van der Waals surface area contributed by atoms with Crippen LogP contribution in [0.4, 0.5) is 5.69 Å². The lowest BCUT2D eigenvalue weighted by atomic mass is 10.1. The summed E-state index contributed by atoms with van der Waals surface area (Å²) in [6, 6.07) is 3.80. The number of nitro benzene ring substituents is 1. The van der Waals surface area contributed by atoms with E-state index in [9.17, 15) is 14.9 Å². The highest BCUT2D eigenvalue weighted by Crippen LogP contribution is 2.26. The number of carboxylic acid groups (broad SMARTS) is 1. The van der Waals surface area contributed by atoms with Crippen LogP contribution in [0.25, 0.3) is 6.08 Å². The first-order chi connectivity index (χ1) is 9.43. The third-order valence-corrected chi connectivity index (χ3v) is 2.69. The summed E-state index contributed by atoms with van der Waals surface area (Å²) in [7, 11) is 0. The first-order valence-corrected chi connectivity index (χ1v) is 6.02. The van der Waals surface area contributed by atoms with E-state index in [4.69, 9.17) is 33.0 Å². The maximum atomic E-state index is 10.7. The quantitative estimate of drug-likeness (QED) is 0.493. The van der Waals surface area contributed by atoms with Crippen molar-refractivity contribution in [3.05, 3.63) is 50.5 Å². The molecule has 0 aliphatic rings. The van der Waals surface area contributed by atoms with Crippen molar-refractivity contribution in [2.75, 3.05) is 6.61 Å². The van der Waals surface area contributed by atoms with Gasteiger partial charge in [0.05, 0.1) is 9.96 Å². The van der Waals surface area contributed by atoms with E-state index in [1.54, 1.807) is 0 Å². The predicted molar refractivity (Wildman–Crippen MR) is 75.1 cm³/mol. The van der Waals surface area contributed by atoms with Gasteiger partial charge in [-0.15, -0.1) is 0 Å². The molecule has 0 amide bonds. The van der Waals surface area contributed by atoms with Crippen LogP contribution in [0.1, 0.15) is 5.56 Å². The number of hydrogen-bond acceptors (Lipinski definition) is 4. The molecule has 0 aliphatic carbocycles. The highest BCUT2D eigenvalue weighted by atomic mass is 35.5. The first kappa shape index (κ1) is 16.0. The Morgan fingerprint density at radius 2 is 2.20 bits per heavy atom. The zero-order valence-corrected chi connectivity index (χ0v) is 11.5. The minimum Gasteiger partial charge on any atom is -0.487 e. The Morgan fingerprint density at radius 3 is 2.75 bits per heavy atom. The van der Waals surface area contributed by atoms with Gasteiger partial charge in [-0.3, -0.25) is 10.1 Å². The molecule has 6 nitrogen and oxygen atoms in total. The first-order valence-electron chi connectivity index (χ1n) is 5.21. The fourth-order valence-electron chi connectivity index (χ4n) is 1.25. The molecule has 0 spiro atoms. The summed E-state index contributed by atoms with van der Waals surface area (Å²) in [6.45, 7) is -0.0310. The molecule has 0 fully saturated rings. The van der Waals surface area contributed by atoms with Crippen molar-refractivity contribution in [3.63, 3.8) is 0 Å². The fraction of sp³-hybridized carbons (Fsp3) is 0.0833. The molecule has 1 N–H and O–H groups in total. The summed E-state index contributed by atoms with van der Waals surface area (Å²) < 4.78 is 5.31. The van der Waals surface area contributed by atoms with E-state index in [1.165, 1.54) is 24.3 Å². The maximum absolute atomic E-state index is 10.7. The van der Waals surface area contributed by atoms with Gasteiger partial charge in [0, 0.05) is 29.3 Å². The number of carboxylic acids is 1. The molecule has 0 atom stereocenters. The van der Waals surface area contributed by atoms with E-state index in [0.717, 1.165) is 11.6 Å². The highest BCUT2D eigenvalue weighted by molar-refractivity contribution is 6.36. The molecule has 0 bridgehead atoms. The van der Waals surface area contributed by atoms with Crippen LogP contribution in [-0.2, 0) is 4.79 Å². The topological polar surface area (TPSA) is 89.7 Å². The number of nitrogens with zero attached hydrogens (tertiary/aromatic N) is 1. The van der Waals surface area contributed by atoms with Gasteiger partial charge >= 0.3 is 5.97 Å². The van der Waals surface area contributed by atoms with Crippen LogP contribution in [0, 0.1) is 10.1 Å². The van der Waals surface area contributed by atoms with E-state index < -0.39 is 10.9 Å². The van der Waals surface area contributed by atoms with E-state index >= 15 is 0 Å². The Hall–Kier alpha value is -2.05. The molecule has 0 unspecified atom stereocenters. The summed E-state index contributed by atoms with van der Waals surface area (Å²) in [4.78, 5) is 20.6. The summed E-state index contributed by atoms with van der Waals surface area (Å²) in [5.74, 6) is -0.925. The third kappa shape index (κ3) is 4.91. The van der Waals surface area contributed by atoms with Crippen LogP contribution < -0.4 is 4.74 Å². The van der Waals surface area contributed by atoms with Gasteiger partial charge in [-0.25, -0.2) is 4.79 Å². The Bertz CT molecular complexity index is 583. The Morgan fingerprint density at radius 1 is 1.50 bits per heavy atom. The number of ether oxygens (including phenoxy) is 1. The second kappa shape index (κ2) is 7.52. The van der Waals surface area contributed by atoms with Crippen molar-refractivity contribution in [2.45, 2.75) is 0 Å². The molecule has 8 heteroatoms. The van der Waals surface area contributed by atoms with E-state index in [2.05, 4.69) is 0 Å². The van der Waals surface area contributed by atoms with Crippen LogP contribution in [-0.4, -0.2) is 22.6 Å². The SMILES string of the molecule is O=C(O)C=Cc1cc([N+](=O)[O-])ccc1OCC(Cl)=CCl. The number of carbonyl (C=O) groups is 1. The standard InChI is InChI=1S/C12H9Cl2NO5/c13-6-9(14)7-20-11-3-2-10(15(18)19)5-8(11)1-4-12(16)17/h1-6H,7H2,(H,16,17). The second-order valence-electron chi connectivity index (χ2n) is 3.50. The van der Waals surface area contributed by atoms with Crippen molar-refractivity contribution < 1.29 is 19.6 Å². The molecule has 0 aromatic heterocycles. The lowest BCUT2D eigenvalue weighted by molar-refractivity contribution is -0.384. The number of non-ortho nitro benzene ring substituents is 1. The molecule has 0 radical (unpaired) electrons. The number of benzene rings is 1. The molecule has 0 heterocycles. The van der Waals surface area contributed by atoms with E-state index in [0.29, 0.717) is 0 Å². The number of aliphatic carboxylic acids is 1. The van der Waals surface area contributed by atoms with Crippen molar-refractivity contribution in [1.29, 1.82) is 0 Å². The van der Waals surface area contributed by atoms with Crippen LogP contribution in [0.3, 0.4) is 0 Å². The summed E-state index contributed by atoms with van der Waals surface area (Å²) in [5.41, 5.74) is 1.20. The summed E-state index contributed by atoms with van der Waals surface area (Å²) in [6.07, 6.45) is 2.05. The van der Waals surface area contributed by atoms with Gasteiger partial charge in [0.15, 0.2) is 0 Å². The van der Waals surface area contributed by atoms with Crippen molar-refractivity contribution in [1.82, 2.24) is 0 Å². The van der Waals surface area contributed by atoms with Gasteiger partial charge in [0.25, 0.3) is 5.69 Å². The molecular formula is C12H9Cl2NO5. The van der Waals surface area contributed by atoms with Gasteiger partial charge in [0.1, 0.15) is 12.4 Å². The van der Waals surface area contributed by atoms with Gasteiger partial charge in [-0.1, -0.05) is 23.2 Å².